The summed E-state index contributed by atoms with van der Waals surface area (Å²) >= 11 is 1.23. The van der Waals surface area contributed by atoms with Crippen LogP contribution in [-0.4, -0.2) is 46.8 Å². The van der Waals surface area contributed by atoms with Crippen molar-refractivity contribution in [2.45, 2.75) is 31.9 Å². The number of carbonyl (C=O) groups excluding carboxylic acids is 2. The Morgan fingerprint density at radius 1 is 1.41 bits per heavy atom. The molecule has 7 nitrogen and oxygen atoms in total. The largest absolute Gasteiger partial charge is 0.486 e. The van der Waals surface area contributed by atoms with E-state index in [1.807, 2.05) is 31.2 Å². The predicted molar refractivity (Wildman–Crippen MR) is 101 cm³/mol. The first-order valence-corrected chi connectivity index (χ1v) is 9.64. The fraction of sp³-hybridized carbons (Fsp3) is 0.368. The molecular weight excluding hydrogens is 402 g/mol. The summed E-state index contributed by atoms with van der Waals surface area (Å²) in [6.07, 6.45) is -0.695. The highest BCUT2D eigenvalue weighted by molar-refractivity contribution is 7.09. The quantitative estimate of drug-likeness (QED) is 0.775. The molecule has 1 aliphatic rings. The molecule has 1 aromatic carbocycles. The number of carbonyl (C=O) groups is 2. The van der Waals surface area contributed by atoms with E-state index >= 15 is 0 Å². The second-order valence-electron chi connectivity index (χ2n) is 6.64. The normalized spacial score (nSPS) is 17.6. The van der Waals surface area contributed by atoms with Crippen molar-refractivity contribution in [3.63, 3.8) is 0 Å². The van der Waals surface area contributed by atoms with Gasteiger partial charge in [0.1, 0.15) is 29.1 Å². The SMILES string of the molecule is Cc1ccc(OCc2nc(C(=O)NCC(=O)N3CC(F)(F)C[C@H]3C#N)cs2)cc1. The number of nitrogens with zero attached hydrogens (tertiary/aromatic N) is 3. The molecule has 0 saturated carbocycles. The van der Waals surface area contributed by atoms with Gasteiger partial charge in [-0.1, -0.05) is 17.7 Å². The third kappa shape index (κ3) is 5.26. The van der Waals surface area contributed by atoms with Crippen molar-refractivity contribution in [2.24, 2.45) is 0 Å². The standard InChI is InChI=1S/C19H18F2N4O3S/c1-12-2-4-14(5-3-12)28-9-16-24-15(10-29-16)18(27)23-8-17(26)25-11-19(20,21)6-13(25)7-22/h2-5,10,13H,6,8-9,11H2,1H3,(H,23,27)/t13-/m0/s1. The van der Waals surface area contributed by atoms with Gasteiger partial charge >= 0.3 is 0 Å². The van der Waals surface area contributed by atoms with E-state index in [1.54, 1.807) is 6.07 Å². The lowest BCUT2D eigenvalue weighted by Crippen LogP contribution is -2.43. The summed E-state index contributed by atoms with van der Waals surface area (Å²) in [7, 11) is 0. The number of halogens is 2. The Kier molecular flexibility index (Phi) is 6.08. The van der Waals surface area contributed by atoms with Crippen LogP contribution < -0.4 is 10.1 Å². The number of nitrogens with one attached hydrogen (secondary N) is 1. The first-order chi connectivity index (χ1) is 13.8. The van der Waals surface area contributed by atoms with Gasteiger partial charge in [-0.3, -0.25) is 9.59 Å². The Balaban J connectivity index is 1.50. The molecule has 3 rings (SSSR count). The zero-order valence-electron chi connectivity index (χ0n) is 15.5. The Morgan fingerprint density at radius 3 is 2.83 bits per heavy atom. The molecule has 0 unspecified atom stereocenters. The average Bonchev–Trinajstić information content (AvgIpc) is 3.29. The summed E-state index contributed by atoms with van der Waals surface area (Å²) in [5.41, 5.74) is 1.22. The summed E-state index contributed by atoms with van der Waals surface area (Å²) < 4.78 is 32.4. The third-order valence-corrected chi connectivity index (χ3v) is 5.13. The minimum atomic E-state index is -3.10. The smallest absolute Gasteiger partial charge is 0.271 e. The lowest BCUT2D eigenvalue weighted by Gasteiger charge is -2.19. The summed E-state index contributed by atoms with van der Waals surface area (Å²) in [4.78, 5) is 29.2. The van der Waals surface area contributed by atoms with Gasteiger partial charge in [-0.15, -0.1) is 11.3 Å². The van der Waals surface area contributed by atoms with Crippen LogP contribution in [-0.2, 0) is 11.4 Å². The monoisotopic (exact) mass is 420 g/mol. The Labute approximate surface area is 169 Å². The minimum absolute atomic E-state index is 0.105. The van der Waals surface area contributed by atoms with Crippen LogP contribution in [0.4, 0.5) is 8.78 Å². The van der Waals surface area contributed by atoms with Crippen LogP contribution >= 0.6 is 11.3 Å². The number of hydrogen-bond donors (Lipinski definition) is 1. The molecule has 0 aliphatic carbocycles. The topological polar surface area (TPSA) is 95.3 Å². The molecule has 1 saturated heterocycles. The van der Waals surface area contributed by atoms with E-state index in [1.165, 1.54) is 16.7 Å². The first-order valence-electron chi connectivity index (χ1n) is 8.76. The van der Waals surface area contributed by atoms with Crippen LogP contribution in [0.1, 0.15) is 27.5 Å². The van der Waals surface area contributed by atoms with E-state index in [-0.39, 0.29) is 12.3 Å². The minimum Gasteiger partial charge on any atom is -0.486 e. The maximum Gasteiger partial charge on any atom is 0.271 e. The maximum absolute atomic E-state index is 13.4. The summed E-state index contributed by atoms with van der Waals surface area (Å²) in [5, 5.41) is 13.4. The van der Waals surface area contributed by atoms with Gasteiger partial charge in [-0.2, -0.15) is 5.26 Å². The molecule has 152 valence electrons. The molecule has 0 bridgehead atoms. The molecule has 10 heteroatoms. The van der Waals surface area contributed by atoms with Gasteiger partial charge in [0.15, 0.2) is 0 Å². The van der Waals surface area contributed by atoms with E-state index in [9.17, 15) is 18.4 Å². The van der Waals surface area contributed by atoms with Crippen LogP contribution in [0.15, 0.2) is 29.6 Å². The second-order valence-corrected chi connectivity index (χ2v) is 7.58. The number of benzene rings is 1. The van der Waals surface area contributed by atoms with Gasteiger partial charge in [0.25, 0.3) is 11.8 Å². The lowest BCUT2D eigenvalue weighted by molar-refractivity contribution is -0.131. The molecule has 1 aromatic heterocycles. The van der Waals surface area contributed by atoms with Gasteiger partial charge in [-0.25, -0.2) is 13.8 Å². The van der Waals surface area contributed by atoms with Crippen LogP contribution in [0.25, 0.3) is 0 Å². The van der Waals surface area contributed by atoms with Crippen molar-refractivity contribution in [3.8, 4) is 11.8 Å². The number of nitriles is 1. The average molecular weight is 420 g/mol. The van der Waals surface area contributed by atoms with E-state index in [2.05, 4.69) is 10.3 Å². The molecule has 29 heavy (non-hydrogen) atoms. The molecular formula is C19H18F2N4O3S. The number of amides is 2. The van der Waals surface area contributed by atoms with Crippen molar-refractivity contribution < 1.29 is 23.1 Å². The van der Waals surface area contributed by atoms with Crippen LogP contribution in [0.3, 0.4) is 0 Å². The number of alkyl halides is 2. The predicted octanol–water partition coefficient (Wildman–Crippen LogP) is 2.52. The summed E-state index contributed by atoms with van der Waals surface area (Å²) in [5.74, 6) is -3.76. The number of rotatable bonds is 6. The van der Waals surface area contributed by atoms with Gasteiger partial charge in [0.05, 0.1) is 19.2 Å². The molecule has 2 aromatic rings. The van der Waals surface area contributed by atoms with Crippen molar-refractivity contribution in [3.05, 3.63) is 45.9 Å². The van der Waals surface area contributed by atoms with Gasteiger partial charge < -0.3 is 15.0 Å². The van der Waals surface area contributed by atoms with Crippen molar-refractivity contribution in [1.82, 2.24) is 15.2 Å². The number of thiazole rings is 1. The molecule has 1 N–H and O–H groups in total. The van der Waals surface area contributed by atoms with Crippen LogP contribution in [0, 0.1) is 18.3 Å². The van der Waals surface area contributed by atoms with Gasteiger partial charge in [-0.05, 0) is 19.1 Å². The molecule has 1 fully saturated rings. The van der Waals surface area contributed by atoms with E-state index < -0.39 is 43.3 Å². The van der Waals surface area contributed by atoms with Crippen molar-refractivity contribution in [2.75, 3.05) is 13.1 Å². The van der Waals surface area contributed by atoms with E-state index in [4.69, 9.17) is 10.00 Å². The van der Waals surface area contributed by atoms with Crippen molar-refractivity contribution >= 4 is 23.2 Å². The summed E-state index contributed by atoms with van der Waals surface area (Å²) in [6, 6.07) is 7.99. The molecule has 1 atom stereocenters. The fourth-order valence-electron chi connectivity index (χ4n) is 2.80. The number of hydrogen-bond acceptors (Lipinski definition) is 6. The molecule has 0 spiro atoms. The Bertz CT molecular complexity index is 940. The number of aryl methyl sites for hydroxylation is 1. The van der Waals surface area contributed by atoms with E-state index in [0.29, 0.717) is 10.8 Å². The van der Waals surface area contributed by atoms with Crippen LogP contribution in [0.2, 0.25) is 0 Å². The van der Waals surface area contributed by atoms with E-state index in [0.717, 1.165) is 10.5 Å². The number of aromatic nitrogens is 1. The Morgan fingerprint density at radius 2 is 2.14 bits per heavy atom. The highest BCUT2D eigenvalue weighted by Gasteiger charge is 2.47. The second kappa shape index (κ2) is 8.53. The molecule has 0 radical (unpaired) electrons. The van der Waals surface area contributed by atoms with Crippen molar-refractivity contribution in [1.29, 1.82) is 5.26 Å². The first kappa shape index (κ1) is 20.7. The lowest BCUT2D eigenvalue weighted by atomic mass is 10.2. The fourth-order valence-corrected chi connectivity index (χ4v) is 3.49. The summed E-state index contributed by atoms with van der Waals surface area (Å²) in [6.45, 7) is 0.847. The number of ether oxygens (including phenoxy) is 1. The Hall–Kier alpha value is -3.06. The van der Waals surface area contributed by atoms with Gasteiger partial charge in [0.2, 0.25) is 5.91 Å². The zero-order chi connectivity index (χ0) is 21.0. The zero-order valence-corrected chi connectivity index (χ0v) is 16.3. The number of likely N-dealkylation sites (tertiary alicyclic amines) is 1. The third-order valence-electron chi connectivity index (χ3n) is 4.31. The van der Waals surface area contributed by atoms with Gasteiger partial charge in [0, 0.05) is 11.8 Å². The molecule has 1 aliphatic heterocycles. The highest BCUT2D eigenvalue weighted by atomic mass is 32.1. The maximum atomic E-state index is 13.4. The highest BCUT2D eigenvalue weighted by Crippen LogP contribution is 2.31. The molecule has 2 heterocycles. The molecule has 2 amide bonds. The van der Waals surface area contributed by atoms with Crippen LogP contribution in [0.5, 0.6) is 5.75 Å².